The maximum atomic E-state index is 6.30. The lowest BCUT2D eigenvalue weighted by molar-refractivity contribution is 0.360. The van der Waals surface area contributed by atoms with Crippen LogP contribution in [0.15, 0.2) is 168 Å². The van der Waals surface area contributed by atoms with E-state index in [1.807, 2.05) is 122 Å². The highest BCUT2D eigenvalue weighted by Gasteiger charge is 2.21. The molecule has 0 saturated carbocycles. The minimum atomic E-state index is 0.641. The molecule has 0 atom stereocenters. The molecule has 3 aromatic heterocycles. The number of hydrogen-bond acceptors (Lipinski definition) is 6. The van der Waals surface area contributed by atoms with Gasteiger partial charge in [-0.2, -0.15) is 0 Å². The fraction of sp³-hybridized carbons (Fsp3) is 0. The third-order valence-electron chi connectivity index (χ3n) is 9.25. The molecule has 9 aromatic rings. The molecule has 1 aliphatic rings. The van der Waals surface area contributed by atoms with E-state index in [2.05, 4.69) is 47.4 Å². The number of furan rings is 1. The third-order valence-corrected chi connectivity index (χ3v) is 9.25. The molecule has 0 unspecified atom stereocenters. The molecule has 0 fully saturated rings. The molecule has 240 valence electrons. The highest BCUT2D eigenvalue weighted by Crippen LogP contribution is 2.47. The minimum absolute atomic E-state index is 0.641. The van der Waals surface area contributed by atoms with Crippen LogP contribution in [0.5, 0.6) is 23.0 Å². The zero-order chi connectivity index (χ0) is 33.7. The van der Waals surface area contributed by atoms with Gasteiger partial charge in [0.2, 0.25) is 0 Å². The van der Waals surface area contributed by atoms with E-state index in [4.69, 9.17) is 23.9 Å². The monoisotopic (exact) mass is 657 g/mol. The van der Waals surface area contributed by atoms with Crippen molar-refractivity contribution in [2.75, 3.05) is 0 Å². The van der Waals surface area contributed by atoms with E-state index < -0.39 is 0 Å². The predicted octanol–water partition coefficient (Wildman–Crippen LogP) is 12.0. The number of hydrogen-bond donors (Lipinski definition) is 0. The first-order chi connectivity index (χ1) is 25.2. The van der Waals surface area contributed by atoms with Gasteiger partial charge in [-0.1, -0.05) is 78.9 Å². The van der Waals surface area contributed by atoms with Gasteiger partial charge in [0.15, 0.2) is 28.8 Å². The fourth-order valence-corrected chi connectivity index (χ4v) is 6.80. The first-order valence-corrected chi connectivity index (χ1v) is 16.7. The first-order valence-electron chi connectivity index (χ1n) is 16.7. The molecule has 6 aromatic carbocycles. The first kappa shape index (κ1) is 28.9. The Morgan fingerprint density at radius 1 is 0.392 bits per heavy atom. The van der Waals surface area contributed by atoms with Crippen molar-refractivity contribution in [2.45, 2.75) is 0 Å². The summed E-state index contributed by atoms with van der Waals surface area (Å²) in [6.45, 7) is 0. The summed E-state index contributed by atoms with van der Waals surface area (Å²) in [5, 5.41) is 2.08. The van der Waals surface area contributed by atoms with Crippen LogP contribution in [0.4, 0.5) is 0 Å². The van der Waals surface area contributed by atoms with Crippen LogP contribution in [0.3, 0.4) is 0 Å². The molecular formula is C45H27N3O3. The van der Waals surface area contributed by atoms with Gasteiger partial charge in [0, 0.05) is 39.9 Å². The summed E-state index contributed by atoms with van der Waals surface area (Å²) in [6, 6.07) is 50.8. The molecule has 0 saturated heterocycles. The van der Waals surface area contributed by atoms with Crippen molar-refractivity contribution >= 4 is 21.9 Å². The molecule has 0 radical (unpaired) electrons. The van der Waals surface area contributed by atoms with Crippen molar-refractivity contribution in [3.63, 3.8) is 0 Å². The zero-order valence-electron chi connectivity index (χ0n) is 27.2. The van der Waals surface area contributed by atoms with Crippen LogP contribution in [0.25, 0.3) is 78.1 Å². The van der Waals surface area contributed by atoms with Gasteiger partial charge < -0.3 is 13.9 Å². The van der Waals surface area contributed by atoms with Crippen molar-refractivity contribution in [1.29, 1.82) is 0 Å². The number of para-hydroxylation sites is 3. The average molecular weight is 658 g/mol. The van der Waals surface area contributed by atoms with Crippen LogP contribution in [0, 0.1) is 0 Å². The van der Waals surface area contributed by atoms with Crippen LogP contribution < -0.4 is 9.47 Å². The van der Waals surface area contributed by atoms with Crippen molar-refractivity contribution in [3.8, 4) is 79.2 Å². The van der Waals surface area contributed by atoms with Crippen LogP contribution >= 0.6 is 0 Å². The van der Waals surface area contributed by atoms with Gasteiger partial charge in [-0.25, -0.2) is 9.97 Å². The van der Waals surface area contributed by atoms with Gasteiger partial charge in [0.05, 0.1) is 11.4 Å². The predicted molar refractivity (Wildman–Crippen MR) is 201 cm³/mol. The van der Waals surface area contributed by atoms with Crippen molar-refractivity contribution in [1.82, 2.24) is 15.0 Å². The number of pyridine rings is 1. The van der Waals surface area contributed by atoms with E-state index in [9.17, 15) is 0 Å². The lowest BCUT2D eigenvalue weighted by Crippen LogP contribution is -1.99. The fourth-order valence-electron chi connectivity index (χ4n) is 6.80. The van der Waals surface area contributed by atoms with E-state index in [0.29, 0.717) is 28.8 Å². The number of benzene rings is 6. The number of fused-ring (bicyclic) bond motifs is 5. The molecule has 0 aliphatic carbocycles. The van der Waals surface area contributed by atoms with E-state index in [1.165, 1.54) is 0 Å². The second-order valence-corrected chi connectivity index (χ2v) is 12.5. The SMILES string of the molecule is c1ccc(-c2nc(-c3cc(-c4ccncc4)cc(-c4ccc5c(c4)Oc4ccccc4O5)c3)cc(-c3cccc4oc5ccccc5c34)n2)cc1. The van der Waals surface area contributed by atoms with Crippen LogP contribution in [0.1, 0.15) is 0 Å². The van der Waals surface area contributed by atoms with Gasteiger partial charge in [-0.15, -0.1) is 0 Å². The molecule has 6 heteroatoms. The summed E-state index contributed by atoms with van der Waals surface area (Å²) in [7, 11) is 0. The Morgan fingerprint density at radius 2 is 1.06 bits per heavy atom. The topological polar surface area (TPSA) is 70.3 Å². The molecule has 0 bridgehead atoms. The normalized spacial score (nSPS) is 11.8. The summed E-state index contributed by atoms with van der Waals surface area (Å²) in [5.41, 5.74) is 10.2. The molecule has 0 amide bonds. The highest BCUT2D eigenvalue weighted by molar-refractivity contribution is 6.12. The number of nitrogens with zero attached hydrogens (tertiary/aromatic N) is 3. The van der Waals surface area contributed by atoms with Crippen molar-refractivity contribution in [3.05, 3.63) is 164 Å². The third kappa shape index (κ3) is 5.18. The van der Waals surface area contributed by atoms with Crippen molar-refractivity contribution in [2.24, 2.45) is 0 Å². The van der Waals surface area contributed by atoms with E-state index in [-0.39, 0.29) is 0 Å². The second kappa shape index (κ2) is 11.8. The van der Waals surface area contributed by atoms with E-state index in [1.54, 1.807) is 0 Å². The molecule has 6 nitrogen and oxygen atoms in total. The summed E-state index contributed by atoms with van der Waals surface area (Å²) in [6.07, 6.45) is 3.63. The molecule has 10 rings (SSSR count). The van der Waals surface area contributed by atoms with Gasteiger partial charge in [0.1, 0.15) is 11.2 Å². The second-order valence-electron chi connectivity index (χ2n) is 12.5. The quantitative estimate of drug-likeness (QED) is 0.183. The Morgan fingerprint density at radius 3 is 1.90 bits per heavy atom. The van der Waals surface area contributed by atoms with Gasteiger partial charge in [-0.05, 0) is 95.1 Å². The summed E-state index contributed by atoms with van der Waals surface area (Å²) >= 11 is 0. The van der Waals surface area contributed by atoms with Crippen molar-refractivity contribution < 1.29 is 13.9 Å². The van der Waals surface area contributed by atoms with E-state index >= 15 is 0 Å². The van der Waals surface area contributed by atoms with E-state index in [0.717, 1.165) is 72.3 Å². The summed E-state index contributed by atoms with van der Waals surface area (Å²) in [5.74, 6) is 3.38. The minimum Gasteiger partial charge on any atom is -0.456 e. The molecular weight excluding hydrogens is 631 g/mol. The zero-order valence-corrected chi connectivity index (χ0v) is 27.2. The molecule has 4 heterocycles. The largest absolute Gasteiger partial charge is 0.456 e. The number of rotatable bonds is 5. The standard InChI is InChI=1S/C45H27N3O3/c1-2-9-29(10-3-1)45-47-36(27-37(48-45)34-12-8-16-42-44(34)35-11-4-5-13-38(35)49-42)33-24-31(28-19-21-46-22-20-28)23-32(25-33)30-17-18-41-43(26-30)51-40-15-7-6-14-39(40)50-41/h1-27H. The maximum Gasteiger partial charge on any atom is 0.170 e. The Kier molecular flexibility index (Phi) is 6.70. The maximum absolute atomic E-state index is 6.30. The van der Waals surface area contributed by atoms with Crippen LogP contribution in [-0.2, 0) is 0 Å². The molecule has 1 aliphatic heterocycles. The Bertz CT molecular complexity index is 2760. The lowest BCUT2D eigenvalue weighted by Gasteiger charge is -2.21. The highest BCUT2D eigenvalue weighted by atomic mass is 16.6. The Labute approximate surface area is 293 Å². The van der Waals surface area contributed by atoms with Gasteiger partial charge in [0.25, 0.3) is 0 Å². The number of aromatic nitrogens is 3. The lowest BCUT2D eigenvalue weighted by atomic mass is 9.94. The van der Waals surface area contributed by atoms with Gasteiger partial charge in [-0.3, -0.25) is 4.98 Å². The van der Waals surface area contributed by atoms with Crippen LogP contribution in [0.2, 0.25) is 0 Å². The Hall–Kier alpha value is -7.05. The smallest absolute Gasteiger partial charge is 0.170 e. The number of ether oxygens (including phenoxy) is 2. The molecule has 51 heavy (non-hydrogen) atoms. The molecule has 0 spiro atoms. The van der Waals surface area contributed by atoms with Gasteiger partial charge >= 0.3 is 0 Å². The summed E-state index contributed by atoms with van der Waals surface area (Å²) < 4.78 is 18.7. The Balaban J connectivity index is 1.18. The summed E-state index contributed by atoms with van der Waals surface area (Å²) in [4.78, 5) is 14.6. The molecule has 0 N–H and O–H groups in total. The average Bonchev–Trinajstić information content (AvgIpc) is 3.59. The van der Waals surface area contributed by atoms with Crippen LogP contribution in [-0.4, -0.2) is 15.0 Å².